The van der Waals surface area contributed by atoms with Crippen molar-refractivity contribution in [2.45, 2.75) is 0 Å². The van der Waals surface area contributed by atoms with Crippen molar-refractivity contribution in [3.8, 4) is 16.8 Å². The summed E-state index contributed by atoms with van der Waals surface area (Å²) in [5, 5.41) is 1.26. The Morgan fingerprint density at radius 2 is 1.28 bits per heavy atom. The summed E-state index contributed by atoms with van der Waals surface area (Å²) in [5.41, 5.74) is 9.92. The molecule has 0 atom stereocenters. The lowest BCUT2D eigenvalue weighted by Crippen LogP contribution is -2.15. The Labute approximate surface area is 170 Å². The Balaban J connectivity index is 1.74. The third-order valence-electron chi connectivity index (χ3n) is 5.91. The van der Waals surface area contributed by atoms with Crippen LogP contribution in [-0.2, 0) is 0 Å². The maximum Gasteiger partial charge on any atom is 0.142 e. The molecule has 3 heteroatoms. The third kappa shape index (κ3) is 2.31. The Hall–Kier alpha value is -3.72. The molecule has 0 radical (unpaired) electrons. The fourth-order valence-electron chi connectivity index (χ4n) is 4.57. The zero-order chi connectivity index (χ0) is 19.4. The number of aromatic nitrogens is 2. The minimum absolute atomic E-state index is 1.20. The highest BCUT2D eigenvalue weighted by Gasteiger charge is 2.17. The van der Waals surface area contributed by atoms with E-state index in [9.17, 15) is 0 Å². The smallest absolute Gasteiger partial charge is 0.142 e. The summed E-state index contributed by atoms with van der Waals surface area (Å²) in [4.78, 5) is 0. The molecule has 0 fully saturated rings. The average Bonchev–Trinajstić information content (AvgIpc) is 3.29. The normalized spacial score (nSPS) is 11.6. The lowest BCUT2D eigenvalue weighted by Gasteiger charge is -2.14. The minimum Gasteiger partial charge on any atom is -0.295 e. The van der Waals surface area contributed by atoms with Crippen molar-refractivity contribution >= 4 is 40.9 Å². The average molecular weight is 370 g/mol. The maximum absolute atomic E-state index is 2.40. The molecule has 0 unspecified atom stereocenters. The standard InChI is InChI=1S/C26H19BN2/c27-26-20(18-9-2-1-3-10-18)12-8-16-24(26)29-23-15-7-6-14-22(23)28-21-13-5-4-11-19(21)17-25(28)29/h1-17H,27H2. The zero-order valence-corrected chi connectivity index (χ0v) is 16.2. The second-order valence-electron chi connectivity index (χ2n) is 7.54. The van der Waals surface area contributed by atoms with Gasteiger partial charge in [-0.2, -0.15) is 0 Å². The largest absolute Gasteiger partial charge is 0.295 e. The molecule has 0 aliphatic rings. The van der Waals surface area contributed by atoms with Crippen molar-refractivity contribution in [3.05, 3.63) is 103 Å². The summed E-state index contributed by atoms with van der Waals surface area (Å²) in [6.07, 6.45) is 0. The van der Waals surface area contributed by atoms with Crippen LogP contribution in [0.15, 0.2) is 103 Å². The number of rotatable bonds is 2. The van der Waals surface area contributed by atoms with Crippen LogP contribution in [0.3, 0.4) is 0 Å². The molecule has 0 bridgehead atoms. The molecule has 0 amide bonds. The van der Waals surface area contributed by atoms with E-state index in [1.165, 1.54) is 49.9 Å². The molecule has 6 aromatic rings. The van der Waals surface area contributed by atoms with E-state index in [0.29, 0.717) is 0 Å². The van der Waals surface area contributed by atoms with Gasteiger partial charge >= 0.3 is 0 Å². The van der Waals surface area contributed by atoms with E-state index in [2.05, 4.69) is 120 Å². The van der Waals surface area contributed by atoms with Gasteiger partial charge in [-0.15, -0.1) is 0 Å². The van der Waals surface area contributed by atoms with Gasteiger partial charge in [0.2, 0.25) is 0 Å². The molecular weight excluding hydrogens is 351 g/mol. The van der Waals surface area contributed by atoms with Crippen LogP contribution in [0.4, 0.5) is 0 Å². The van der Waals surface area contributed by atoms with Crippen LogP contribution in [-0.4, -0.2) is 16.8 Å². The highest BCUT2D eigenvalue weighted by atomic mass is 15.1. The monoisotopic (exact) mass is 370 g/mol. The first-order chi connectivity index (χ1) is 14.3. The third-order valence-corrected chi connectivity index (χ3v) is 5.91. The summed E-state index contributed by atoms with van der Waals surface area (Å²) in [7, 11) is 2.23. The van der Waals surface area contributed by atoms with Crippen LogP contribution in [0, 0.1) is 0 Å². The van der Waals surface area contributed by atoms with Crippen molar-refractivity contribution in [2.24, 2.45) is 0 Å². The van der Waals surface area contributed by atoms with E-state index in [1.54, 1.807) is 0 Å². The molecule has 0 aliphatic carbocycles. The molecule has 0 N–H and O–H groups in total. The Morgan fingerprint density at radius 1 is 0.586 bits per heavy atom. The van der Waals surface area contributed by atoms with E-state index in [4.69, 9.17) is 0 Å². The Bertz CT molecular complexity index is 1510. The predicted octanol–water partition coefficient (Wildman–Crippen LogP) is 4.96. The number of benzene rings is 4. The van der Waals surface area contributed by atoms with Gasteiger partial charge in [-0.3, -0.25) is 8.97 Å². The van der Waals surface area contributed by atoms with Gasteiger partial charge in [-0.25, -0.2) is 0 Å². The fourth-order valence-corrected chi connectivity index (χ4v) is 4.57. The van der Waals surface area contributed by atoms with Gasteiger partial charge in [-0.05, 0) is 41.5 Å². The van der Waals surface area contributed by atoms with Gasteiger partial charge in [-0.1, -0.05) is 78.3 Å². The van der Waals surface area contributed by atoms with E-state index < -0.39 is 0 Å². The Morgan fingerprint density at radius 3 is 2.10 bits per heavy atom. The van der Waals surface area contributed by atoms with Crippen LogP contribution in [0.2, 0.25) is 0 Å². The summed E-state index contributed by atoms with van der Waals surface area (Å²) < 4.78 is 4.77. The number of para-hydroxylation sites is 3. The first kappa shape index (κ1) is 16.3. The lowest BCUT2D eigenvalue weighted by atomic mass is 9.85. The molecule has 2 aromatic heterocycles. The molecule has 0 saturated heterocycles. The first-order valence-electron chi connectivity index (χ1n) is 9.98. The first-order valence-corrected chi connectivity index (χ1v) is 9.98. The van der Waals surface area contributed by atoms with Crippen LogP contribution >= 0.6 is 0 Å². The van der Waals surface area contributed by atoms with Gasteiger partial charge in [0.15, 0.2) is 0 Å². The number of hydrogen-bond donors (Lipinski definition) is 0. The maximum atomic E-state index is 2.40. The molecular formula is C26H19BN2. The lowest BCUT2D eigenvalue weighted by molar-refractivity contribution is 1.16. The minimum atomic E-state index is 1.20. The van der Waals surface area contributed by atoms with Crippen molar-refractivity contribution in [2.75, 3.05) is 0 Å². The summed E-state index contributed by atoms with van der Waals surface area (Å²) in [6.45, 7) is 0. The molecule has 29 heavy (non-hydrogen) atoms. The number of fused-ring (bicyclic) bond motifs is 5. The van der Waals surface area contributed by atoms with Gasteiger partial charge in [0.25, 0.3) is 0 Å². The SMILES string of the molecule is Bc1c(-c2ccccc2)cccc1-n1c2ccccc2n2c3ccccc3cc12. The number of hydrogen-bond acceptors (Lipinski definition) is 0. The highest BCUT2D eigenvalue weighted by molar-refractivity contribution is 6.38. The fraction of sp³-hybridized carbons (Fsp3) is 0. The van der Waals surface area contributed by atoms with Crippen molar-refractivity contribution in [1.29, 1.82) is 0 Å². The topological polar surface area (TPSA) is 9.34 Å². The van der Waals surface area contributed by atoms with E-state index in [-0.39, 0.29) is 0 Å². The zero-order valence-electron chi connectivity index (χ0n) is 16.2. The van der Waals surface area contributed by atoms with Crippen molar-refractivity contribution < 1.29 is 0 Å². The molecule has 0 aliphatic heterocycles. The van der Waals surface area contributed by atoms with Gasteiger partial charge in [0, 0.05) is 11.1 Å². The molecule has 136 valence electrons. The second-order valence-corrected chi connectivity index (χ2v) is 7.54. The molecule has 2 nitrogen and oxygen atoms in total. The van der Waals surface area contributed by atoms with Gasteiger partial charge < -0.3 is 0 Å². The molecule has 2 heterocycles. The molecule has 4 aromatic carbocycles. The number of nitrogens with zero attached hydrogens (tertiary/aromatic N) is 2. The van der Waals surface area contributed by atoms with Crippen LogP contribution in [0.25, 0.3) is 44.4 Å². The molecule has 0 spiro atoms. The summed E-state index contributed by atoms with van der Waals surface area (Å²) >= 11 is 0. The number of imidazole rings is 1. The Kier molecular flexibility index (Phi) is 3.45. The molecule has 0 saturated carbocycles. The van der Waals surface area contributed by atoms with Crippen LogP contribution in [0.1, 0.15) is 0 Å². The van der Waals surface area contributed by atoms with Crippen molar-refractivity contribution in [1.82, 2.24) is 8.97 Å². The summed E-state index contributed by atoms with van der Waals surface area (Å²) in [5.74, 6) is 0. The van der Waals surface area contributed by atoms with Gasteiger partial charge in [0.05, 0.1) is 16.6 Å². The predicted molar refractivity (Wildman–Crippen MR) is 125 cm³/mol. The van der Waals surface area contributed by atoms with Crippen LogP contribution < -0.4 is 5.46 Å². The summed E-state index contributed by atoms with van der Waals surface area (Å²) in [6, 6.07) is 36.8. The van der Waals surface area contributed by atoms with Crippen LogP contribution in [0.5, 0.6) is 0 Å². The van der Waals surface area contributed by atoms with E-state index in [1.807, 2.05) is 0 Å². The van der Waals surface area contributed by atoms with Crippen molar-refractivity contribution in [3.63, 3.8) is 0 Å². The quantitative estimate of drug-likeness (QED) is 0.381. The highest BCUT2D eigenvalue weighted by Crippen LogP contribution is 2.31. The van der Waals surface area contributed by atoms with Gasteiger partial charge in [0.1, 0.15) is 13.5 Å². The van der Waals surface area contributed by atoms with E-state index >= 15 is 0 Å². The molecule has 6 rings (SSSR count). The van der Waals surface area contributed by atoms with E-state index in [0.717, 1.165) is 0 Å². The second kappa shape index (κ2) is 6.15.